The molecule has 1 aromatic heterocycles. The second-order valence-corrected chi connectivity index (χ2v) is 6.85. The third kappa shape index (κ3) is 2.93. The Hall–Kier alpha value is -4.14. The van der Waals surface area contributed by atoms with Crippen LogP contribution in [0.1, 0.15) is 17.4 Å². The summed E-state index contributed by atoms with van der Waals surface area (Å²) >= 11 is 0. The Morgan fingerprint density at radius 1 is 1.03 bits per heavy atom. The number of aliphatic hydroxyl groups excluding tert-OH is 1. The van der Waals surface area contributed by atoms with Crippen molar-refractivity contribution in [3.05, 3.63) is 83.3 Å². The molecule has 0 spiro atoms. The van der Waals surface area contributed by atoms with E-state index in [0.29, 0.717) is 17.6 Å². The molecule has 1 amide bonds. The Labute approximate surface area is 173 Å². The molecule has 0 radical (unpaired) electrons. The van der Waals surface area contributed by atoms with Gasteiger partial charge in [0.15, 0.2) is 11.5 Å². The highest BCUT2D eigenvalue weighted by atomic mass is 19.1. The van der Waals surface area contributed by atoms with Gasteiger partial charge in [-0.2, -0.15) is 0 Å². The standard InChI is InChI=1S/C22H13F2NO6/c23-12-4-5-14(13(24)9-12)25-19(16-2-1-7-29-16)18(21(27)22(25)28)20(26)11-3-6-15-17(8-11)31-10-30-15/h1-9,19,26H,10H2/b20-18-. The molecule has 2 aliphatic heterocycles. The third-order valence-electron chi connectivity index (χ3n) is 5.07. The van der Waals surface area contributed by atoms with Crippen LogP contribution in [0.3, 0.4) is 0 Å². The average molecular weight is 425 g/mol. The second kappa shape index (κ2) is 6.98. The van der Waals surface area contributed by atoms with E-state index in [1.165, 1.54) is 30.5 Å². The number of aliphatic hydroxyl groups is 1. The van der Waals surface area contributed by atoms with Crippen molar-refractivity contribution >= 4 is 23.1 Å². The van der Waals surface area contributed by atoms with Crippen molar-refractivity contribution in [1.82, 2.24) is 0 Å². The van der Waals surface area contributed by atoms with Gasteiger partial charge in [0, 0.05) is 11.6 Å². The van der Waals surface area contributed by atoms with Gasteiger partial charge < -0.3 is 19.0 Å². The molecule has 3 aromatic rings. The molecule has 0 saturated carbocycles. The fraction of sp³-hybridized carbons (Fsp3) is 0.0909. The zero-order valence-electron chi connectivity index (χ0n) is 15.7. The molecule has 2 aliphatic rings. The van der Waals surface area contributed by atoms with Gasteiger partial charge in [0.2, 0.25) is 6.79 Å². The molecular weight excluding hydrogens is 412 g/mol. The fourth-order valence-electron chi connectivity index (χ4n) is 3.67. The summed E-state index contributed by atoms with van der Waals surface area (Å²) in [5, 5.41) is 11.0. The van der Waals surface area contributed by atoms with Gasteiger partial charge >= 0.3 is 0 Å². The maximum Gasteiger partial charge on any atom is 0.300 e. The highest BCUT2D eigenvalue weighted by Crippen LogP contribution is 2.44. The number of carbonyl (C=O) groups is 2. The van der Waals surface area contributed by atoms with Crippen LogP contribution in [-0.4, -0.2) is 23.6 Å². The van der Waals surface area contributed by atoms with Gasteiger partial charge in [-0.3, -0.25) is 14.5 Å². The predicted octanol–water partition coefficient (Wildman–Crippen LogP) is 3.91. The van der Waals surface area contributed by atoms with Gasteiger partial charge in [-0.05, 0) is 42.5 Å². The van der Waals surface area contributed by atoms with Crippen molar-refractivity contribution in [2.24, 2.45) is 0 Å². The van der Waals surface area contributed by atoms with Gasteiger partial charge in [-0.1, -0.05) is 0 Å². The molecule has 156 valence electrons. The van der Waals surface area contributed by atoms with Crippen LogP contribution in [0, 0.1) is 11.6 Å². The molecule has 9 heteroatoms. The molecule has 1 atom stereocenters. The van der Waals surface area contributed by atoms with Crippen LogP contribution in [0.2, 0.25) is 0 Å². The number of furan rings is 1. The molecule has 0 bridgehead atoms. The fourth-order valence-corrected chi connectivity index (χ4v) is 3.67. The quantitative estimate of drug-likeness (QED) is 0.389. The summed E-state index contributed by atoms with van der Waals surface area (Å²) in [6.07, 6.45) is 1.32. The number of nitrogens with zero attached hydrogens (tertiary/aromatic N) is 1. The first kappa shape index (κ1) is 18.9. The van der Waals surface area contributed by atoms with E-state index in [1.54, 1.807) is 6.07 Å². The first-order chi connectivity index (χ1) is 15.0. The number of ether oxygens (including phenoxy) is 2. The molecule has 1 unspecified atom stereocenters. The van der Waals surface area contributed by atoms with E-state index in [2.05, 4.69) is 0 Å². The summed E-state index contributed by atoms with van der Waals surface area (Å²) in [4.78, 5) is 26.6. The van der Waals surface area contributed by atoms with Gasteiger partial charge in [0.05, 0.1) is 17.5 Å². The number of carbonyl (C=O) groups excluding carboxylic acids is 2. The maximum absolute atomic E-state index is 14.5. The smallest absolute Gasteiger partial charge is 0.300 e. The summed E-state index contributed by atoms with van der Waals surface area (Å²) in [7, 11) is 0. The van der Waals surface area contributed by atoms with E-state index in [9.17, 15) is 23.5 Å². The lowest BCUT2D eigenvalue weighted by Gasteiger charge is -2.23. The van der Waals surface area contributed by atoms with Gasteiger partial charge in [0.25, 0.3) is 11.7 Å². The van der Waals surface area contributed by atoms with Crippen molar-refractivity contribution < 1.29 is 37.4 Å². The Kier molecular flexibility index (Phi) is 4.25. The lowest BCUT2D eigenvalue weighted by molar-refractivity contribution is -0.132. The summed E-state index contributed by atoms with van der Waals surface area (Å²) in [6, 6.07) is 8.87. The summed E-state index contributed by atoms with van der Waals surface area (Å²) in [5.41, 5.74) is -0.435. The molecule has 1 saturated heterocycles. The van der Waals surface area contributed by atoms with E-state index >= 15 is 0 Å². The van der Waals surface area contributed by atoms with Gasteiger partial charge in [-0.15, -0.1) is 0 Å². The highest BCUT2D eigenvalue weighted by molar-refractivity contribution is 6.51. The number of hydrogen-bond acceptors (Lipinski definition) is 6. The lowest BCUT2D eigenvalue weighted by Crippen LogP contribution is -2.30. The molecule has 31 heavy (non-hydrogen) atoms. The largest absolute Gasteiger partial charge is 0.507 e. The van der Waals surface area contributed by atoms with E-state index in [0.717, 1.165) is 17.0 Å². The average Bonchev–Trinajstić information content (AvgIpc) is 3.48. The van der Waals surface area contributed by atoms with Crippen molar-refractivity contribution in [1.29, 1.82) is 0 Å². The normalized spacial score (nSPS) is 19.3. The Morgan fingerprint density at radius 3 is 2.58 bits per heavy atom. The molecule has 2 aromatic carbocycles. The zero-order chi connectivity index (χ0) is 21.7. The maximum atomic E-state index is 14.5. The van der Waals surface area contributed by atoms with Crippen LogP contribution in [0.4, 0.5) is 14.5 Å². The summed E-state index contributed by atoms with van der Waals surface area (Å²) in [5.74, 6) is -3.57. The van der Waals surface area contributed by atoms with Crippen molar-refractivity contribution in [3.8, 4) is 11.5 Å². The number of anilines is 1. The van der Waals surface area contributed by atoms with E-state index < -0.39 is 35.1 Å². The van der Waals surface area contributed by atoms with E-state index in [-0.39, 0.29) is 29.4 Å². The molecular formula is C22H13F2NO6. The zero-order valence-corrected chi connectivity index (χ0v) is 15.7. The number of rotatable bonds is 3. The summed E-state index contributed by atoms with van der Waals surface area (Å²) < 4.78 is 43.9. The van der Waals surface area contributed by atoms with Gasteiger partial charge in [0.1, 0.15) is 29.2 Å². The number of fused-ring (bicyclic) bond motifs is 1. The molecule has 3 heterocycles. The van der Waals surface area contributed by atoms with Gasteiger partial charge in [-0.25, -0.2) is 8.78 Å². The van der Waals surface area contributed by atoms with Crippen LogP contribution in [0.25, 0.3) is 5.76 Å². The minimum atomic E-state index is -1.26. The third-order valence-corrected chi connectivity index (χ3v) is 5.07. The topological polar surface area (TPSA) is 89.2 Å². The van der Waals surface area contributed by atoms with Crippen molar-refractivity contribution in [2.75, 3.05) is 11.7 Å². The Bertz CT molecular complexity index is 1250. The molecule has 0 aliphatic carbocycles. The van der Waals surface area contributed by atoms with Crippen molar-refractivity contribution in [3.63, 3.8) is 0 Å². The second-order valence-electron chi connectivity index (χ2n) is 6.85. The lowest BCUT2D eigenvalue weighted by atomic mass is 9.99. The highest BCUT2D eigenvalue weighted by Gasteiger charge is 2.49. The SMILES string of the molecule is O=C1C(=O)N(c2ccc(F)cc2F)C(c2ccco2)/C1=C(/O)c1ccc2c(c1)OCO2. The summed E-state index contributed by atoms with van der Waals surface area (Å²) in [6.45, 7) is 0.0141. The van der Waals surface area contributed by atoms with Crippen LogP contribution < -0.4 is 14.4 Å². The number of ketones is 1. The van der Waals surface area contributed by atoms with Crippen LogP contribution >= 0.6 is 0 Å². The Balaban J connectivity index is 1.70. The molecule has 1 N–H and O–H groups in total. The number of halogens is 2. The minimum Gasteiger partial charge on any atom is -0.507 e. The minimum absolute atomic E-state index is 0.0141. The van der Waals surface area contributed by atoms with Crippen molar-refractivity contribution in [2.45, 2.75) is 6.04 Å². The monoisotopic (exact) mass is 425 g/mol. The van der Waals surface area contributed by atoms with Crippen LogP contribution in [0.5, 0.6) is 11.5 Å². The number of amides is 1. The first-order valence-corrected chi connectivity index (χ1v) is 9.15. The van der Waals surface area contributed by atoms with E-state index in [1.807, 2.05) is 0 Å². The number of Topliss-reactive ketones (excluding diaryl/α,β-unsaturated/α-hetero) is 1. The van der Waals surface area contributed by atoms with Crippen LogP contribution in [-0.2, 0) is 9.59 Å². The molecule has 1 fully saturated rings. The molecule has 5 rings (SSSR count). The predicted molar refractivity (Wildman–Crippen MR) is 102 cm³/mol. The first-order valence-electron chi connectivity index (χ1n) is 9.15. The molecule has 7 nitrogen and oxygen atoms in total. The number of hydrogen-bond donors (Lipinski definition) is 1. The van der Waals surface area contributed by atoms with E-state index in [4.69, 9.17) is 13.9 Å². The van der Waals surface area contributed by atoms with Crippen LogP contribution in [0.15, 0.2) is 64.8 Å². The number of benzene rings is 2. The Morgan fingerprint density at radius 2 is 1.84 bits per heavy atom.